The zero-order valence-electron chi connectivity index (χ0n) is 12.8. The van der Waals surface area contributed by atoms with Crippen LogP contribution in [0.4, 0.5) is 0 Å². The largest absolute Gasteiger partial charge is 0.467 e. The van der Waals surface area contributed by atoms with Crippen LogP contribution in [0.2, 0.25) is 5.02 Å². The number of carbonyl (C=O) groups excluding carboxylic acids is 2. The first kappa shape index (κ1) is 16.1. The van der Waals surface area contributed by atoms with Crippen LogP contribution in [0.5, 0.6) is 0 Å². The van der Waals surface area contributed by atoms with Gasteiger partial charge in [-0.15, -0.1) is 0 Å². The van der Waals surface area contributed by atoms with Gasteiger partial charge in [0, 0.05) is 10.4 Å². The van der Waals surface area contributed by atoms with Gasteiger partial charge < -0.3 is 14.5 Å². The van der Waals surface area contributed by atoms with Gasteiger partial charge in [-0.3, -0.25) is 4.79 Å². The van der Waals surface area contributed by atoms with Crippen molar-refractivity contribution in [3.63, 3.8) is 0 Å². The van der Waals surface area contributed by atoms with Gasteiger partial charge in [0.25, 0.3) is 5.91 Å². The van der Waals surface area contributed by atoms with Gasteiger partial charge >= 0.3 is 5.97 Å². The van der Waals surface area contributed by atoms with Gasteiger partial charge in [0.05, 0.1) is 7.11 Å². The molecule has 0 radical (unpaired) electrons. The van der Waals surface area contributed by atoms with Crippen molar-refractivity contribution in [2.45, 2.75) is 6.04 Å². The number of ether oxygens (including phenoxy) is 1. The Labute approximate surface area is 143 Å². The number of esters is 1. The lowest BCUT2D eigenvalue weighted by atomic mass is 10.1. The molecule has 0 fully saturated rings. The van der Waals surface area contributed by atoms with Gasteiger partial charge in [0.2, 0.25) is 0 Å². The average Bonchev–Trinajstić information content (AvgIpc) is 3.02. The highest BCUT2D eigenvalue weighted by atomic mass is 35.5. The number of nitrogens with one attached hydrogen (secondary N) is 1. The standard InChI is InChI=1S/C18H14ClNO4/c1-23-18(22)16(11-5-3-2-4-6-11)20-17(21)15-10-12-9-13(19)7-8-14(12)24-15/h2-10,16H,1H3,(H,20,21)/t16-/m0/s1. The van der Waals surface area contributed by atoms with Crippen molar-refractivity contribution in [3.8, 4) is 0 Å². The molecule has 0 saturated heterocycles. The predicted octanol–water partition coefficient (Wildman–Crippen LogP) is 3.73. The fourth-order valence-electron chi connectivity index (χ4n) is 2.37. The molecular weight excluding hydrogens is 330 g/mol. The van der Waals surface area contributed by atoms with Crippen molar-refractivity contribution in [1.29, 1.82) is 0 Å². The van der Waals surface area contributed by atoms with Gasteiger partial charge in [0.15, 0.2) is 11.8 Å². The highest BCUT2D eigenvalue weighted by Gasteiger charge is 2.25. The molecule has 2 aromatic carbocycles. The summed E-state index contributed by atoms with van der Waals surface area (Å²) >= 11 is 5.93. The van der Waals surface area contributed by atoms with Crippen LogP contribution in [0.25, 0.3) is 11.0 Å². The maximum Gasteiger partial charge on any atom is 0.333 e. The summed E-state index contributed by atoms with van der Waals surface area (Å²) in [6.45, 7) is 0. The first-order valence-electron chi connectivity index (χ1n) is 7.21. The maximum absolute atomic E-state index is 12.5. The molecule has 3 aromatic rings. The van der Waals surface area contributed by atoms with Crippen molar-refractivity contribution in [2.24, 2.45) is 0 Å². The second-order valence-electron chi connectivity index (χ2n) is 5.13. The molecule has 1 heterocycles. The van der Waals surface area contributed by atoms with Gasteiger partial charge in [-0.25, -0.2) is 4.79 Å². The number of hydrogen-bond donors (Lipinski definition) is 1. The first-order chi connectivity index (χ1) is 11.6. The lowest BCUT2D eigenvalue weighted by molar-refractivity contribution is -0.143. The molecule has 6 heteroatoms. The lowest BCUT2D eigenvalue weighted by Crippen LogP contribution is -2.34. The molecule has 0 saturated carbocycles. The van der Waals surface area contributed by atoms with E-state index in [2.05, 4.69) is 5.32 Å². The topological polar surface area (TPSA) is 68.5 Å². The molecule has 3 rings (SSSR count). The second kappa shape index (κ2) is 6.76. The summed E-state index contributed by atoms with van der Waals surface area (Å²) in [7, 11) is 1.27. The minimum atomic E-state index is -0.916. The van der Waals surface area contributed by atoms with Crippen LogP contribution in [0.1, 0.15) is 22.2 Å². The molecule has 0 spiro atoms. The molecule has 0 aliphatic rings. The quantitative estimate of drug-likeness (QED) is 0.733. The van der Waals surface area contributed by atoms with Crippen molar-refractivity contribution < 1.29 is 18.7 Å². The van der Waals surface area contributed by atoms with E-state index >= 15 is 0 Å². The molecule has 122 valence electrons. The van der Waals surface area contributed by atoms with E-state index in [4.69, 9.17) is 20.8 Å². The third kappa shape index (κ3) is 3.26. The molecule has 5 nitrogen and oxygen atoms in total. The molecule has 1 N–H and O–H groups in total. The summed E-state index contributed by atoms with van der Waals surface area (Å²) in [6, 6.07) is 14.6. The van der Waals surface area contributed by atoms with E-state index in [1.165, 1.54) is 7.11 Å². The van der Waals surface area contributed by atoms with Crippen LogP contribution < -0.4 is 5.32 Å². The molecular formula is C18H14ClNO4. The van der Waals surface area contributed by atoms with Crippen LogP contribution in [-0.2, 0) is 9.53 Å². The van der Waals surface area contributed by atoms with E-state index in [-0.39, 0.29) is 5.76 Å². The summed E-state index contributed by atoms with van der Waals surface area (Å²) in [5.74, 6) is -0.979. The smallest absolute Gasteiger partial charge is 0.333 e. The lowest BCUT2D eigenvalue weighted by Gasteiger charge is -2.16. The summed E-state index contributed by atoms with van der Waals surface area (Å²) in [6.07, 6.45) is 0. The average molecular weight is 344 g/mol. The Hall–Kier alpha value is -2.79. The van der Waals surface area contributed by atoms with Crippen LogP contribution in [0.3, 0.4) is 0 Å². The zero-order valence-corrected chi connectivity index (χ0v) is 13.5. The fraction of sp³-hybridized carbons (Fsp3) is 0.111. The van der Waals surface area contributed by atoms with Crippen LogP contribution in [0, 0.1) is 0 Å². The maximum atomic E-state index is 12.5. The monoisotopic (exact) mass is 343 g/mol. The minimum absolute atomic E-state index is 0.0945. The van der Waals surface area contributed by atoms with E-state index in [1.807, 2.05) is 6.07 Å². The van der Waals surface area contributed by atoms with Gasteiger partial charge in [-0.05, 0) is 29.8 Å². The summed E-state index contributed by atoms with van der Waals surface area (Å²) < 4.78 is 10.3. The van der Waals surface area contributed by atoms with Crippen LogP contribution in [-0.4, -0.2) is 19.0 Å². The van der Waals surface area contributed by atoms with E-state index < -0.39 is 17.9 Å². The second-order valence-corrected chi connectivity index (χ2v) is 5.57. The highest BCUT2D eigenvalue weighted by Crippen LogP contribution is 2.24. The Morgan fingerprint density at radius 3 is 2.58 bits per heavy atom. The van der Waals surface area contributed by atoms with Crippen LogP contribution in [0.15, 0.2) is 59.0 Å². The third-order valence-electron chi connectivity index (χ3n) is 3.55. The Morgan fingerprint density at radius 2 is 1.88 bits per heavy atom. The molecule has 0 bridgehead atoms. The zero-order chi connectivity index (χ0) is 17.1. The Kier molecular flexibility index (Phi) is 4.53. The third-order valence-corrected chi connectivity index (χ3v) is 3.78. The molecule has 1 amide bonds. The number of benzene rings is 2. The van der Waals surface area contributed by atoms with Gasteiger partial charge in [-0.2, -0.15) is 0 Å². The molecule has 0 aliphatic heterocycles. The van der Waals surface area contributed by atoms with Crippen molar-refractivity contribution in [3.05, 3.63) is 70.9 Å². The number of hydrogen-bond acceptors (Lipinski definition) is 4. The molecule has 1 atom stereocenters. The Balaban J connectivity index is 1.88. The highest BCUT2D eigenvalue weighted by molar-refractivity contribution is 6.31. The molecule has 24 heavy (non-hydrogen) atoms. The van der Waals surface area contributed by atoms with Gasteiger partial charge in [0.1, 0.15) is 5.58 Å². The van der Waals surface area contributed by atoms with E-state index in [9.17, 15) is 9.59 Å². The van der Waals surface area contributed by atoms with Crippen LogP contribution >= 0.6 is 11.6 Å². The number of carbonyl (C=O) groups is 2. The number of fused-ring (bicyclic) bond motifs is 1. The summed E-state index contributed by atoms with van der Waals surface area (Å²) in [4.78, 5) is 24.5. The number of rotatable bonds is 4. The minimum Gasteiger partial charge on any atom is -0.467 e. The van der Waals surface area contributed by atoms with Gasteiger partial charge in [-0.1, -0.05) is 41.9 Å². The van der Waals surface area contributed by atoms with Crippen molar-refractivity contribution >= 4 is 34.4 Å². The molecule has 0 aliphatic carbocycles. The SMILES string of the molecule is COC(=O)[C@@H](NC(=O)c1cc2cc(Cl)ccc2o1)c1ccccc1. The number of furan rings is 1. The molecule has 0 unspecified atom stereocenters. The van der Waals surface area contributed by atoms with E-state index in [0.29, 0.717) is 21.6 Å². The van der Waals surface area contributed by atoms with Crippen molar-refractivity contribution in [1.82, 2.24) is 5.32 Å². The van der Waals surface area contributed by atoms with E-state index in [0.717, 1.165) is 0 Å². The van der Waals surface area contributed by atoms with E-state index in [1.54, 1.807) is 48.5 Å². The number of methoxy groups -OCH3 is 1. The predicted molar refractivity (Wildman–Crippen MR) is 89.9 cm³/mol. The Bertz CT molecular complexity index is 888. The van der Waals surface area contributed by atoms with Crippen molar-refractivity contribution in [2.75, 3.05) is 7.11 Å². The number of halogens is 1. The molecule has 1 aromatic heterocycles. The fourth-order valence-corrected chi connectivity index (χ4v) is 2.55. The Morgan fingerprint density at radius 1 is 1.12 bits per heavy atom. The summed E-state index contributed by atoms with van der Waals surface area (Å²) in [5, 5.41) is 3.89. The first-order valence-corrected chi connectivity index (χ1v) is 7.59. The number of amides is 1. The summed E-state index contributed by atoms with van der Waals surface area (Å²) in [5.41, 5.74) is 1.16. The normalized spacial score (nSPS) is 11.9.